The number of aliphatic hydroxyl groups is 3. The summed E-state index contributed by atoms with van der Waals surface area (Å²) in [6.07, 6.45) is 6.46. The predicted octanol–water partition coefficient (Wildman–Crippen LogP) is 6.56. The molecule has 4 aliphatic rings. The fourth-order valence-corrected chi connectivity index (χ4v) is 9.27. The van der Waals surface area contributed by atoms with E-state index in [4.69, 9.17) is 32.7 Å². The number of fused-ring (bicyclic) bond motifs is 5. The summed E-state index contributed by atoms with van der Waals surface area (Å²) in [6, 6.07) is 5.05. The van der Waals surface area contributed by atoms with Gasteiger partial charge in [-0.2, -0.15) is 0 Å². The van der Waals surface area contributed by atoms with Crippen LogP contribution in [0.1, 0.15) is 92.1 Å². The molecule has 1 aromatic carbocycles. The number of ether oxygens (including phenoxy) is 2. The largest absolute Gasteiger partial charge is 0.459 e. The van der Waals surface area contributed by atoms with Gasteiger partial charge in [0.15, 0.2) is 5.78 Å². The third kappa shape index (κ3) is 5.62. The molecule has 0 saturated heterocycles. The van der Waals surface area contributed by atoms with Gasteiger partial charge in [-0.05, 0) is 94.4 Å². The van der Waals surface area contributed by atoms with Crippen LogP contribution < -0.4 is 0 Å². The maximum absolute atomic E-state index is 13.3. The van der Waals surface area contributed by atoms with Gasteiger partial charge in [0, 0.05) is 24.5 Å². The molecule has 5 rings (SSSR count). The van der Waals surface area contributed by atoms with E-state index in [0.29, 0.717) is 34.9 Å². The molecule has 0 aliphatic heterocycles. The van der Waals surface area contributed by atoms with Gasteiger partial charge >= 0.3 is 11.9 Å². The van der Waals surface area contributed by atoms with Crippen molar-refractivity contribution >= 4 is 47.0 Å². The molecule has 10 heteroatoms. The Kier molecular flexibility index (Phi) is 9.48. The second-order valence-electron chi connectivity index (χ2n) is 14.8. The van der Waals surface area contributed by atoms with E-state index in [1.807, 2.05) is 33.8 Å². The molecule has 0 aromatic heterocycles. The van der Waals surface area contributed by atoms with Gasteiger partial charge in [0.1, 0.15) is 29.0 Å². The molecule has 1 aromatic rings. The SMILES string of the molecule is CC(=O)[C@]1(O)CC[C@@]2(O)[C@]1(C)[C@H](OC(=O)/C=C(\C)C(C)C)C[C@@H]1[C@@]3(C)CC[C@H](OC(=O)/C=C/c4ccc(Cl)c(Cl)c4)CC3=CC[C@]12O. The van der Waals surface area contributed by atoms with Gasteiger partial charge in [-0.15, -0.1) is 0 Å². The fourth-order valence-electron chi connectivity index (χ4n) is 8.97. The van der Waals surface area contributed by atoms with Crippen molar-refractivity contribution < 1.29 is 39.2 Å². The first kappa shape index (κ1) is 35.8. The van der Waals surface area contributed by atoms with Crippen molar-refractivity contribution in [3.8, 4) is 0 Å². The first-order chi connectivity index (χ1) is 21.8. The van der Waals surface area contributed by atoms with E-state index in [9.17, 15) is 29.7 Å². The highest BCUT2D eigenvalue weighted by molar-refractivity contribution is 6.42. The molecule has 4 aliphatic carbocycles. The Morgan fingerprint density at radius 3 is 2.32 bits per heavy atom. The van der Waals surface area contributed by atoms with Crippen molar-refractivity contribution in [2.75, 3.05) is 0 Å². The maximum Gasteiger partial charge on any atom is 0.331 e. The number of halogens is 2. The average molecular weight is 690 g/mol. The first-order valence-corrected chi connectivity index (χ1v) is 17.2. The summed E-state index contributed by atoms with van der Waals surface area (Å²) in [5.41, 5.74) is -5.44. The van der Waals surface area contributed by atoms with E-state index in [2.05, 4.69) is 0 Å². The lowest BCUT2D eigenvalue weighted by molar-refractivity contribution is -0.314. The smallest absolute Gasteiger partial charge is 0.331 e. The second-order valence-corrected chi connectivity index (χ2v) is 15.6. The number of hydrogen-bond acceptors (Lipinski definition) is 8. The highest BCUT2D eigenvalue weighted by Gasteiger charge is 2.81. The highest BCUT2D eigenvalue weighted by atomic mass is 35.5. The molecule has 0 spiro atoms. The molecule has 0 heterocycles. The predicted molar refractivity (Wildman–Crippen MR) is 179 cm³/mol. The molecule has 47 heavy (non-hydrogen) atoms. The van der Waals surface area contributed by atoms with Crippen LogP contribution in [0.4, 0.5) is 0 Å². The zero-order valence-corrected chi connectivity index (χ0v) is 29.5. The van der Waals surface area contributed by atoms with Crippen molar-refractivity contribution in [1.29, 1.82) is 0 Å². The van der Waals surface area contributed by atoms with Crippen LogP contribution in [0.3, 0.4) is 0 Å². The number of benzene rings is 1. The van der Waals surface area contributed by atoms with E-state index in [0.717, 1.165) is 11.1 Å². The number of carbonyl (C=O) groups is 3. The Labute approximate surface area is 286 Å². The zero-order valence-electron chi connectivity index (χ0n) is 27.9. The van der Waals surface area contributed by atoms with Crippen molar-refractivity contribution in [2.45, 2.75) is 115 Å². The van der Waals surface area contributed by atoms with Crippen LogP contribution in [0.2, 0.25) is 10.0 Å². The minimum atomic E-state index is -2.01. The molecule has 8 nitrogen and oxygen atoms in total. The van der Waals surface area contributed by atoms with E-state index in [-0.39, 0.29) is 31.6 Å². The Bertz CT molecular complexity index is 1560. The molecule has 0 unspecified atom stereocenters. The maximum atomic E-state index is 13.3. The van der Waals surface area contributed by atoms with Crippen molar-refractivity contribution in [3.63, 3.8) is 0 Å². The Balaban J connectivity index is 1.43. The summed E-state index contributed by atoms with van der Waals surface area (Å²) in [5, 5.41) is 37.9. The van der Waals surface area contributed by atoms with Crippen LogP contribution in [0.5, 0.6) is 0 Å². The second kappa shape index (κ2) is 12.4. The van der Waals surface area contributed by atoms with Crippen LogP contribution in [0, 0.1) is 22.7 Å². The van der Waals surface area contributed by atoms with Gasteiger partial charge in [0.2, 0.25) is 0 Å². The number of hydrogen-bond donors (Lipinski definition) is 3. The van der Waals surface area contributed by atoms with Crippen molar-refractivity contribution in [3.05, 3.63) is 63.2 Å². The third-order valence-electron chi connectivity index (χ3n) is 12.3. The number of ketones is 1. The van der Waals surface area contributed by atoms with Crippen LogP contribution in [-0.2, 0) is 23.9 Å². The molecule has 0 amide bonds. The summed E-state index contributed by atoms with van der Waals surface area (Å²) in [6.45, 7) is 10.6. The van der Waals surface area contributed by atoms with Gasteiger partial charge < -0.3 is 24.8 Å². The van der Waals surface area contributed by atoms with Crippen LogP contribution in [0.25, 0.3) is 6.08 Å². The van der Waals surface area contributed by atoms with Gasteiger partial charge in [-0.3, -0.25) is 4.79 Å². The summed E-state index contributed by atoms with van der Waals surface area (Å²) in [7, 11) is 0. The number of rotatable bonds is 7. The number of allylic oxidation sites excluding steroid dienone is 1. The van der Waals surface area contributed by atoms with Crippen LogP contribution in [0.15, 0.2) is 47.6 Å². The molecule has 3 saturated carbocycles. The minimum Gasteiger partial charge on any atom is -0.459 e. The molecule has 0 radical (unpaired) electrons. The Hall–Kier alpha value is -2.49. The number of esters is 2. The van der Waals surface area contributed by atoms with Crippen molar-refractivity contribution in [1.82, 2.24) is 0 Å². The quantitative estimate of drug-likeness (QED) is 0.167. The molecular formula is C37H46Cl2O8. The lowest BCUT2D eigenvalue weighted by Gasteiger charge is -2.67. The fraction of sp³-hybridized carbons (Fsp3) is 0.595. The minimum absolute atomic E-state index is 0.0356. The lowest BCUT2D eigenvalue weighted by Crippen LogP contribution is -2.78. The molecule has 256 valence electrons. The van der Waals surface area contributed by atoms with E-state index in [1.54, 1.807) is 31.2 Å². The molecule has 3 N–H and O–H groups in total. The lowest BCUT2D eigenvalue weighted by atomic mass is 9.42. The zero-order chi connectivity index (χ0) is 34.7. The monoisotopic (exact) mass is 688 g/mol. The number of Topliss-reactive ketones (excluding diaryl/α,β-unsaturated/α-hetero) is 1. The highest BCUT2D eigenvalue weighted by Crippen LogP contribution is 2.71. The normalized spacial score (nSPS) is 38.3. The molecule has 3 fully saturated rings. The Morgan fingerprint density at radius 1 is 0.979 bits per heavy atom. The van der Waals surface area contributed by atoms with Gasteiger partial charge in [0.05, 0.1) is 15.5 Å². The average Bonchev–Trinajstić information content (AvgIpc) is 3.23. The number of carbonyl (C=O) groups excluding carboxylic acids is 3. The van der Waals surface area contributed by atoms with Gasteiger partial charge in [-0.1, -0.05) is 67.3 Å². The van der Waals surface area contributed by atoms with Crippen LogP contribution >= 0.6 is 23.2 Å². The van der Waals surface area contributed by atoms with Gasteiger partial charge in [0.25, 0.3) is 0 Å². The summed E-state index contributed by atoms with van der Waals surface area (Å²) < 4.78 is 11.9. The first-order valence-electron chi connectivity index (χ1n) is 16.4. The van der Waals surface area contributed by atoms with E-state index in [1.165, 1.54) is 19.1 Å². The van der Waals surface area contributed by atoms with Crippen LogP contribution in [-0.4, -0.2) is 62.1 Å². The molecular weight excluding hydrogens is 643 g/mol. The summed E-state index contributed by atoms with van der Waals surface area (Å²) >= 11 is 12.1. The standard InChI is InChI=1S/C37H46Cl2O8/c1-21(2)22(3)17-32(42)47-30-20-29-33(5)13-12-26(46-31(41)10-8-24-7-9-27(38)28(39)18-24)19-25(33)11-14-36(29,44)37(45)16-15-35(43,23(4)40)34(30,37)6/h7-11,17-18,21,26,29-30,43-45H,12-16,19-20H2,1-6H3/b10-8+,22-17+/t26-,29+,30+,33-,34+,35+,36-,37+/m0/s1. The summed E-state index contributed by atoms with van der Waals surface area (Å²) in [4.78, 5) is 39.1. The van der Waals surface area contributed by atoms with Gasteiger partial charge in [-0.25, -0.2) is 9.59 Å². The topological polar surface area (TPSA) is 130 Å². The molecule has 0 bridgehead atoms. The third-order valence-corrected chi connectivity index (χ3v) is 13.0. The summed E-state index contributed by atoms with van der Waals surface area (Å²) in [5.74, 6) is -2.11. The molecule has 8 atom stereocenters. The van der Waals surface area contributed by atoms with E-state index >= 15 is 0 Å². The van der Waals surface area contributed by atoms with E-state index < -0.39 is 63.5 Å². The van der Waals surface area contributed by atoms with Crippen molar-refractivity contribution in [2.24, 2.45) is 22.7 Å². The Morgan fingerprint density at radius 2 is 1.68 bits per heavy atom.